The summed E-state index contributed by atoms with van der Waals surface area (Å²) < 4.78 is 67.1. The third kappa shape index (κ3) is 34.8. The number of carbonyl (C=O) groups is 1. The zero-order valence-electron chi connectivity index (χ0n) is 34.7. The molecule has 0 bridgehead atoms. The minimum atomic E-state index is -4.14. The van der Waals surface area contributed by atoms with Gasteiger partial charge in [0.25, 0.3) is 0 Å². The van der Waals surface area contributed by atoms with Crippen LogP contribution in [-0.2, 0) is 29.8 Å². The van der Waals surface area contributed by atoms with Crippen LogP contribution in [-0.4, -0.2) is 49.5 Å². The Morgan fingerprint density at radius 2 is 1.22 bits per heavy atom. The van der Waals surface area contributed by atoms with Gasteiger partial charge in [0.15, 0.2) is 0 Å². The molecule has 0 fully saturated rings. The van der Waals surface area contributed by atoms with Crippen LogP contribution in [0.2, 0.25) is 0 Å². The van der Waals surface area contributed by atoms with Gasteiger partial charge in [0.05, 0.1) is 23.0 Å². The maximum Gasteiger partial charge on any atom is 1.00 e. The Bertz CT molecular complexity index is 1290. The van der Waals surface area contributed by atoms with Gasteiger partial charge < -0.3 is 13.8 Å². The number of ether oxygens (including phenoxy) is 1. The molecule has 0 saturated carbocycles. The van der Waals surface area contributed by atoms with E-state index < -0.39 is 30.7 Å². The third-order valence-corrected chi connectivity index (χ3v) is 10.1. The molecule has 1 aromatic carbocycles. The van der Waals surface area contributed by atoms with Crippen LogP contribution in [0.1, 0.15) is 147 Å². The number of esters is 1. The predicted molar refractivity (Wildman–Crippen MR) is 202 cm³/mol. The van der Waals surface area contributed by atoms with E-state index in [4.69, 9.17) is 0 Å². The largest absolute Gasteiger partial charge is 1.00 e. The Kier molecular flexibility index (Phi) is 42.6. The van der Waals surface area contributed by atoms with Gasteiger partial charge in [0.1, 0.15) is 20.2 Å². The van der Waals surface area contributed by atoms with Crippen molar-refractivity contribution in [1.82, 2.24) is 0 Å². The number of benzene rings is 1. The van der Waals surface area contributed by atoms with Crippen LogP contribution < -0.4 is 59.1 Å². The van der Waals surface area contributed by atoms with Gasteiger partial charge in [-0.05, 0) is 98.5 Å². The quantitative estimate of drug-likeness (QED) is 0.134. The molecule has 12 heteroatoms. The minimum Gasteiger partial charge on any atom is -0.747 e. The van der Waals surface area contributed by atoms with Crippen molar-refractivity contribution in [3.63, 3.8) is 0 Å². The third-order valence-electron chi connectivity index (χ3n) is 7.85. The molecule has 3 atom stereocenters. The Hall–Kier alpha value is -0.270. The molecule has 0 aromatic heterocycles. The van der Waals surface area contributed by atoms with Crippen molar-refractivity contribution in [1.29, 1.82) is 0 Å². The molecule has 0 amide bonds. The van der Waals surface area contributed by atoms with Gasteiger partial charge in [-0.25, -0.2) is 16.8 Å². The molecule has 0 saturated heterocycles. The Balaban J connectivity index is -0.000000121. The molecule has 1 rings (SSSR count). The van der Waals surface area contributed by atoms with Gasteiger partial charge >= 0.3 is 65.1 Å². The van der Waals surface area contributed by atoms with E-state index in [0.717, 1.165) is 24.8 Å². The van der Waals surface area contributed by atoms with E-state index in [2.05, 4.69) is 75.8 Å². The Morgan fingerprint density at radius 3 is 1.48 bits per heavy atom. The molecule has 0 aliphatic rings. The van der Waals surface area contributed by atoms with Crippen molar-refractivity contribution < 1.29 is 94.6 Å². The van der Waals surface area contributed by atoms with E-state index >= 15 is 0 Å². The van der Waals surface area contributed by atoms with Gasteiger partial charge in [-0.3, -0.25) is 4.79 Å². The fourth-order valence-electron chi connectivity index (χ4n) is 3.25. The van der Waals surface area contributed by atoms with Crippen molar-refractivity contribution in [3.05, 3.63) is 70.8 Å². The van der Waals surface area contributed by atoms with E-state index in [1.54, 1.807) is 13.0 Å². The molecule has 3 unspecified atom stereocenters. The minimum absolute atomic E-state index is 0. The van der Waals surface area contributed by atoms with E-state index in [1.807, 2.05) is 41.5 Å². The molecular weight excluding hydrogens is 695 g/mol. The maximum absolute atomic E-state index is 10.8. The fourth-order valence-corrected chi connectivity index (χ4v) is 4.20. The van der Waals surface area contributed by atoms with Crippen LogP contribution in [0, 0.1) is 5.41 Å². The van der Waals surface area contributed by atoms with Gasteiger partial charge in [-0.15, -0.1) is 0 Å². The van der Waals surface area contributed by atoms with Gasteiger partial charge in [-0.1, -0.05) is 114 Å². The SMILES string of the molecule is CC/C(C)=C\C(C)S(=O)(=O)[O-].CC/C=C(\C)C(C)S(=O)(=O)[O-].CCC(C)(C)C(=O)OC.CCC(C)c1ccccc1.CCC=C(C)CC.[Na+].[Na+]. The molecule has 282 valence electrons. The van der Waals surface area contributed by atoms with E-state index in [-0.39, 0.29) is 70.5 Å². The second-order valence-electron chi connectivity index (χ2n) is 12.3. The molecule has 0 aliphatic heterocycles. The molecule has 0 heterocycles. The summed E-state index contributed by atoms with van der Waals surface area (Å²) in [7, 11) is -6.86. The monoisotopic (exact) mass is 762 g/mol. The van der Waals surface area contributed by atoms with Crippen LogP contribution in [0.4, 0.5) is 0 Å². The topological polar surface area (TPSA) is 141 Å². The summed E-state index contributed by atoms with van der Waals surface area (Å²) in [6.07, 6.45) is 11.5. The number of rotatable bonds is 12. The first-order chi connectivity index (χ1) is 22.0. The molecule has 0 radical (unpaired) electrons. The van der Waals surface area contributed by atoms with Crippen molar-refractivity contribution in [2.45, 2.75) is 152 Å². The molecule has 0 aliphatic carbocycles. The second kappa shape index (κ2) is 34.5. The molecule has 1 aromatic rings. The zero-order valence-corrected chi connectivity index (χ0v) is 40.3. The van der Waals surface area contributed by atoms with Crippen LogP contribution in [0.5, 0.6) is 0 Å². The number of hydrogen-bond donors (Lipinski definition) is 0. The van der Waals surface area contributed by atoms with Crippen LogP contribution in [0.25, 0.3) is 0 Å². The standard InChI is InChI=1S/C10H14.2C7H14O3S.C7H14O2.C7H14.2Na/c1-3-9(2)10-7-5-4-6-8-10;1-4-6(2)5-7(3)11(8,9)10;1-4-5-6(2)7(3)11(8,9)10;1-5-7(2,3)6(8)9-4;1-4-6-7(3)5-2;;/h4-9H,3H2,1-2H3;2*5,7H,4H2,1-3H3,(H,8,9,10);5H2,1-4H3;6H,4-5H2,1-3H3;;/q;;;;;2*+1/p-2/b;6-5-;6-5+;;;;. The molecular formula is C38H68Na2O8S2. The Labute approximate surface area is 352 Å². The zero-order chi connectivity index (χ0) is 38.7. The first-order valence-corrected chi connectivity index (χ1v) is 19.9. The predicted octanol–water partition coefficient (Wildman–Crippen LogP) is 4.11. The summed E-state index contributed by atoms with van der Waals surface area (Å²) >= 11 is 0. The van der Waals surface area contributed by atoms with Crippen molar-refractivity contribution >= 4 is 26.2 Å². The molecule has 8 nitrogen and oxygen atoms in total. The van der Waals surface area contributed by atoms with Crippen molar-refractivity contribution in [2.75, 3.05) is 7.11 Å². The average Bonchev–Trinajstić information content (AvgIpc) is 3.04. The maximum atomic E-state index is 10.8. The average molecular weight is 763 g/mol. The van der Waals surface area contributed by atoms with Gasteiger partial charge in [-0.2, -0.15) is 0 Å². The smallest absolute Gasteiger partial charge is 0.747 e. The fraction of sp³-hybridized carbons (Fsp3) is 0.658. The Morgan fingerprint density at radius 1 is 0.780 bits per heavy atom. The van der Waals surface area contributed by atoms with Gasteiger partial charge in [0.2, 0.25) is 0 Å². The molecule has 0 N–H and O–H groups in total. The van der Waals surface area contributed by atoms with E-state index in [0.29, 0.717) is 11.5 Å². The van der Waals surface area contributed by atoms with Crippen LogP contribution in [0.15, 0.2) is 65.3 Å². The summed E-state index contributed by atoms with van der Waals surface area (Å²) in [6.45, 7) is 26.8. The first-order valence-electron chi connectivity index (χ1n) is 17.0. The summed E-state index contributed by atoms with van der Waals surface area (Å²) in [5.41, 5.74) is 4.20. The van der Waals surface area contributed by atoms with Crippen molar-refractivity contribution in [3.8, 4) is 0 Å². The molecule has 50 heavy (non-hydrogen) atoms. The summed E-state index contributed by atoms with van der Waals surface area (Å²) in [5.74, 6) is 0.575. The molecule has 0 spiro atoms. The van der Waals surface area contributed by atoms with Gasteiger partial charge in [0, 0.05) is 0 Å². The summed E-state index contributed by atoms with van der Waals surface area (Å²) in [4.78, 5) is 10.8. The summed E-state index contributed by atoms with van der Waals surface area (Å²) in [5, 5.41) is -1.79. The van der Waals surface area contributed by atoms with E-state index in [1.165, 1.54) is 57.4 Å². The second-order valence-corrected chi connectivity index (χ2v) is 15.7. The van der Waals surface area contributed by atoms with Crippen LogP contribution >= 0.6 is 0 Å². The normalized spacial score (nSPS) is 13.6. The number of allylic oxidation sites excluding steroid dienone is 4. The number of methoxy groups -OCH3 is 1. The summed E-state index contributed by atoms with van der Waals surface area (Å²) in [6, 6.07) is 10.6. The number of carbonyl (C=O) groups excluding carboxylic acids is 1. The van der Waals surface area contributed by atoms with Crippen LogP contribution in [0.3, 0.4) is 0 Å². The van der Waals surface area contributed by atoms with Crippen molar-refractivity contribution in [2.24, 2.45) is 5.41 Å². The number of hydrogen-bond acceptors (Lipinski definition) is 8. The first kappa shape index (κ1) is 61.8. The van der Waals surface area contributed by atoms with E-state index in [9.17, 15) is 30.7 Å².